The number of hydrogen-bond acceptors (Lipinski definition) is 6. The molecule has 0 saturated carbocycles. The highest BCUT2D eigenvalue weighted by atomic mass is 35.5. The summed E-state index contributed by atoms with van der Waals surface area (Å²) < 4.78 is 22.7. The van der Waals surface area contributed by atoms with Crippen molar-refractivity contribution in [2.75, 3.05) is 19.5 Å². The molecule has 5 rings (SSSR count). The average molecular weight is 475 g/mol. The van der Waals surface area contributed by atoms with Crippen molar-refractivity contribution in [3.63, 3.8) is 0 Å². The van der Waals surface area contributed by atoms with E-state index in [1.165, 1.54) is 0 Å². The van der Waals surface area contributed by atoms with Crippen molar-refractivity contribution >= 4 is 45.1 Å². The number of nitrogens with zero attached hydrogens (tertiary/aromatic N) is 1. The van der Waals surface area contributed by atoms with E-state index in [2.05, 4.69) is 10.3 Å². The lowest BCUT2D eigenvalue weighted by Crippen LogP contribution is -2.10. The highest BCUT2D eigenvalue weighted by molar-refractivity contribution is 6.30. The van der Waals surface area contributed by atoms with E-state index in [0.717, 1.165) is 10.8 Å². The topological polar surface area (TPSA) is 82.8 Å². The van der Waals surface area contributed by atoms with E-state index in [9.17, 15) is 4.79 Å². The minimum absolute atomic E-state index is 0.188. The predicted molar refractivity (Wildman–Crippen MR) is 131 cm³/mol. The molecule has 0 bridgehead atoms. The van der Waals surface area contributed by atoms with Crippen LogP contribution in [0.1, 0.15) is 10.6 Å². The zero-order chi connectivity index (χ0) is 23.7. The SMILES string of the molecule is COc1cc2nccc(Oc3ccc4oc(C(=O)Nc5ccc(Cl)cc5)cc4c3)c2cc1OC. The van der Waals surface area contributed by atoms with Crippen LogP contribution in [0, 0.1) is 0 Å². The van der Waals surface area contributed by atoms with Crippen LogP contribution in [0.15, 0.2) is 77.3 Å². The molecule has 0 aliphatic carbocycles. The normalized spacial score (nSPS) is 10.9. The van der Waals surface area contributed by atoms with Crippen LogP contribution in [0.4, 0.5) is 5.69 Å². The number of fused-ring (bicyclic) bond motifs is 2. The van der Waals surface area contributed by atoms with Crippen molar-refractivity contribution in [2.45, 2.75) is 0 Å². The maximum absolute atomic E-state index is 12.6. The fourth-order valence-corrected chi connectivity index (χ4v) is 3.71. The summed E-state index contributed by atoms with van der Waals surface area (Å²) in [5, 5.41) is 4.89. The molecule has 0 saturated heterocycles. The molecule has 34 heavy (non-hydrogen) atoms. The Bertz CT molecular complexity index is 1510. The third-order valence-corrected chi connectivity index (χ3v) is 5.50. The van der Waals surface area contributed by atoms with Gasteiger partial charge in [-0.1, -0.05) is 11.6 Å². The van der Waals surface area contributed by atoms with Crippen LogP contribution in [0.3, 0.4) is 0 Å². The lowest BCUT2D eigenvalue weighted by Gasteiger charge is -2.12. The molecule has 0 aliphatic rings. The molecular weight excluding hydrogens is 456 g/mol. The maximum atomic E-state index is 12.6. The first kappa shape index (κ1) is 21.6. The van der Waals surface area contributed by atoms with Crippen molar-refractivity contribution in [2.24, 2.45) is 0 Å². The number of hydrogen-bond donors (Lipinski definition) is 1. The zero-order valence-corrected chi connectivity index (χ0v) is 19.1. The Labute approximate surface area is 199 Å². The molecule has 0 radical (unpaired) electrons. The van der Waals surface area contributed by atoms with Gasteiger partial charge in [0.1, 0.15) is 17.1 Å². The van der Waals surface area contributed by atoms with Gasteiger partial charge in [0, 0.05) is 33.7 Å². The van der Waals surface area contributed by atoms with Crippen LogP contribution in [-0.2, 0) is 0 Å². The van der Waals surface area contributed by atoms with Crippen LogP contribution in [0.2, 0.25) is 5.02 Å². The molecule has 3 aromatic carbocycles. The monoisotopic (exact) mass is 474 g/mol. The fraction of sp³-hybridized carbons (Fsp3) is 0.0769. The summed E-state index contributed by atoms with van der Waals surface area (Å²) in [5.74, 6) is 2.18. The van der Waals surface area contributed by atoms with Gasteiger partial charge in [0.2, 0.25) is 0 Å². The van der Waals surface area contributed by atoms with E-state index in [1.807, 2.05) is 12.1 Å². The number of anilines is 1. The van der Waals surface area contributed by atoms with E-state index in [0.29, 0.717) is 44.8 Å². The third kappa shape index (κ3) is 4.21. The first-order valence-electron chi connectivity index (χ1n) is 10.3. The molecular formula is C26H19ClN2O5. The number of amides is 1. The van der Waals surface area contributed by atoms with Crippen LogP contribution in [0.25, 0.3) is 21.9 Å². The summed E-state index contributed by atoms with van der Waals surface area (Å²) in [7, 11) is 3.16. The van der Waals surface area contributed by atoms with Gasteiger partial charge in [0.15, 0.2) is 17.3 Å². The molecule has 1 N–H and O–H groups in total. The minimum atomic E-state index is -0.359. The molecule has 0 unspecified atom stereocenters. The highest BCUT2D eigenvalue weighted by Gasteiger charge is 2.15. The molecule has 170 valence electrons. The van der Waals surface area contributed by atoms with E-state index in [1.54, 1.807) is 75.0 Å². The summed E-state index contributed by atoms with van der Waals surface area (Å²) in [4.78, 5) is 17.0. The fourth-order valence-electron chi connectivity index (χ4n) is 3.59. The number of benzene rings is 3. The number of pyridine rings is 1. The Hall–Kier alpha value is -4.23. The van der Waals surface area contributed by atoms with Crippen molar-refractivity contribution in [1.29, 1.82) is 0 Å². The maximum Gasteiger partial charge on any atom is 0.291 e. The Morgan fingerprint density at radius 3 is 2.44 bits per heavy atom. The second kappa shape index (κ2) is 8.96. The van der Waals surface area contributed by atoms with E-state index in [-0.39, 0.29) is 11.7 Å². The number of carbonyl (C=O) groups is 1. The van der Waals surface area contributed by atoms with Crippen molar-refractivity contribution < 1.29 is 23.4 Å². The minimum Gasteiger partial charge on any atom is -0.493 e. The molecule has 8 heteroatoms. The first-order valence-corrected chi connectivity index (χ1v) is 10.7. The molecule has 1 amide bonds. The van der Waals surface area contributed by atoms with Gasteiger partial charge in [-0.15, -0.1) is 0 Å². The molecule has 7 nitrogen and oxygen atoms in total. The highest BCUT2D eigenvalue weighted by Crippen LogP contribution is 2.37. The Kier molecular flexibility index (Phi) is 5.69. The molecule has 0 atom stereocenters. The lowest BCUT2D eigenvalue weighted by atomic mass is 10.1. The van der Waals surface area contributed by atoms with Gasteiger partial charge in [0.25, 0.3) is 5.91 Å². The molecule has 2 aromatic heterocycles. The van der Waals surface area contributed by atoms with Gasteiger partial charge < -0.3 is 23.9 Å². The number of furan rings is 1. The zero-order valence-electron chi connectivity index (χ0n) is 18.3. The van der Waals surface area contributed by atoms with Crippen LogP contribution in [-0.4, -0.2) is 25.1 Å². The summed E-state index contributed by atoms with van der Waals surface area (Å²) in [6, 6.07) is 19.3. The second-order valence-corrected chi connectivity index (χ2v) is 7.84. The molecule has 0 aliphatic heterocycles. The number of aromatic nitrogens is 1. The van der Waals surface area contributed by atoms with Crippen LogP contribution < -0.4 is 19.5 Å². The van der Waals surface area contributed by atoms with Crippen molar-refractivity contribution in [3.8, 4) is 23.0 Å². The number of carbonyl (C=O) groups excluding carboxylic acids is 1. The predicted octanol–water partition coefficient (Wildman–Crippen LogP) is 6.70. The van der Waals surface area contributed by atoms with Gasteiger partial charge >= 0.3 is 0 Å². The summed E-state index contributed by atoms with van der Waals surface area (Å²) >= 11 is 5.89. The van der Waals surface area contributed by atoms with Crippen LogP contribution >= 0.6 is 11.6 Å². The van der Waals surface area contributed by atoms with Crippen molar-refractivity contribution in [3.05, 3.63) is 83.7 Å². The summed E-state index contributed by atoms with van der Waals surface area (Å²) in [5.41, 5.74) is 1.90. The van der Waals surface area contributed by atoms with Gasteiger partial charge in [-0.25, -0.2) is 0 Å². The van der Waals surface area contributed by atoms with E-state index >= 15 is 0 Å². The number of ether oxygens (including phenoxy) is 3. The van der Waals surface area contributed by atoms with Crippen molar-refractivity contribution in [1.82, 2.24) is 4.98 Å². The standard InChI is InChI=1S/C26H19ClN2O5/c1-31-23-13-19-20(14-24(23)32-2)28-10-9-22(19)33-18-7-8-21-15(11-18)12-25(34-21)26(30)29-17-5-3-16(27)4-6-17/h3-14H,1-2H3,(H,29,30). The summed E-state index contributed by atoms with van der Waals surface area (Å²) in [6.45, 7) is 0. The van der Waals surface area contributed by atoms with Crippen LogP contribution in [0.5, 0.6) is 23.0 Å². The quantitative estimate of drug-likeness (QED) is 0.295. The largest absolute Gasteiger partial charge is 0.493 e. The van der Waals surface area contributed by atoms with Gasteiger partial charge in [-0.2, -0.15) is 0 Å². The molecule has 0 spiro atoms. The average Bonchev–Trinajstić information content (AvgIpc) is 3.28. The number of methoxy groups -OCH3 is 2. The molecule has 5 aromatic rings. The van der Waals surface area contributed by atoms with E-state index < -0.39 is 0 Å². The second-order valence-electron chi connectivity index (χ2n) is 7.41. The lowest BCUT2D eigenvalue weighted by molar-refractivity contribution is 0.0998. The van der Waals surface area contributed by atoms with Gasteiger partial charge in [-0.3, -0.25) is 9.78 Å². The molecule has 0 fully saturated rings. The molecule has 2 heterocycles. The number of rotatable bonds is 6. The Morgan fingerprint density at radius 2 is 1.68 bits per heavy atom. The van der Waals surface area contributed by atoms with Gasteiger partial charge in [-0.05, 0) is 60.7 Å². The Morgan fingerprint density at radius 1 is 0.912 bits per heavy atom. The Balaban J connectivity index is 1.42. The number of nitrogens with one attached hydrogen (secondary N) is 1. The first-order chi connectivity index (χ1) is 16.5. The van der Waals surface area contributed by atoms with E-state index in [4.69, 9.17) is 30.2 Å². The third-order valence-electron chi connectivity index (χ3n) is 5.25. The summed E-state index contributed by atoms with van der Waals surface area (Å²) in [6.07, 6.45) is 1.67. The number of halogens is 1. The van der Waals surface area contributed by atoms with Gasteiger partial charge in [0.05, 0.1) is 19.7 Å². The smallest absolute Gasteiger partial charge is 0.291 e.